The minimum Gasteiger partial charge on any atom is -0.478 e. The molecular weight excluding hydrogens is 230 g/mol. The van der Waals surface area contributed by atoms with Gasteiger partial charge < -0.3 is 10.4 Å². The number of hydrogen-bond donors (Lipinski definition) is 2. The van der Waals surface area contributed by atoms with Gasteiger partial charge >= 0.3 is 5.97 Å². The van der Waals surface area contributed by atoms with Crippen molar-refractivity contribution in [3.8, 4) is 0 Å². The Bertz CT molecular complexity index is 422. The molecule has 0 spiro atoms. The zero-order valence-electron chi connectivity index (χ0n) is 8.40. The van der Waals surface area contributed by atoms with Crippen molar-refractivity contribution in [1.29, 1.82) is 0 Å². The van der Waals surface area contributed by atoms with Crippen molar-refractivity contribution in [2.75, 3.05) is 11.6 Å². The molecule has 0 saturated heterocycles. The smallest absolute Gasteiger partial charge is 0.335 e. The monoisotopic (exact) mass is 241 g/mol. The Morgan fingerprint density at radius 1 is 1.60 bits per heavy atom. The summed E-state index contributed by atoms with van der Waals surface area (Å²) in [5.41, 5.74) is 1.24. The maximum Gasteiger partial charge on any atom is 0.335 e. The fourth-order valence-corrected chi connectivity index (χ4v) is 3.17. The average molecular weight is 241 g/mol. The van der Waals surface area contributed by atoms with Crippen molar-refractivity contribution in [3.05, 3.63) is 23.8 Å². The summed E-state index contributed by atoms with van der Waals surface area (Å²) in [7, 11) is 0. The van der Waals surface area contributed by atoms with Gasteiger partial charge in [0.05, 0.1) is 11.3 Å². The zero-order valence-corrected chi connectivity index (χ0v) is 10.0. The molecular formula is C10H11NO2S2. The largest absolute Gasteiger partial charge is 0.478 e. The van der Waals surface area contributed by atoms with E-state index < -0.39 is 5.97 Å². The lowest BCUT2D eigenvalue weighted by Gasteiger charge is -2.20. The van der Waals surface area contributed by atoms with Crippen molar-refractivity contribution < 1.29 is 9.90 Å². The first-order valence-electron chi connectivity index (χ1n) is 4.44. The Morgan fingerprint density at radius 3 is 2.93 bits per heavy atom. The van der Waals surface area contributed by atoms with E-state index in [1.807, 2.05) is 12.3 Å². The van der Waals surface area contributed by atoms with E-state index >= 15 is 0 Å². The van der Waals surface area contributed by atoms with E-state index in [2.05, 4.69) is 12.2 Å². The number of rotatable bonds is 2. The first-order valence-corrected chi connectivity index (χ1v) is 6.48. The van der Waals surface area contributed by atoms with Crippen LogP contribution in [0.2, 0.25) is 0 Å². The van der Waals surface area contributed by atoms with Crippen LogP contribution in [-0.2, 0) is 0 Å². The van der Waals surface area contributed by atoms with E-state index in [9.17, 15) is 4.79 Å². The minimum absolute atomic E-state index is 0.0839. The van der Waals surface area contributed by atoms with Gasteiger partial charge in [0.1, 0.15) is 4.20 Å². The molecule has 1 aromatic rings. The molecule has 0 saturated carbocycles. The highest BCUT2D eigenvalue weighted by Crippen LogP contribution is 2.50. The van der Waals surface area contributed by atoms with Crippen LogP contribution in [0, 0.1) is 0 Å². The number of anilines is 1. The fourth-order valence-electron chi connectivity index (χ4n) is 1.42. The summed E-state index contributed by atoms with van der Waals surface area (Å²) < 4.78 is -0.0839. The quantitative estimate of drug-likeness (QED) is 0.833. The van der Waals surface area contributed by atoms with Crippen molar-refractivity contribution in [2.24, 2.45) is 0 Å². The number of hydrogen-bond acceptors (Lipinski definition) is 4. The lowest BCUT2D eigenvalue weighted by Crippen LogP contribution is -2.21. The van der Waals surface area contributed by atoms with Gasteiger partial charge in [-0.1, -0.05) is 11.8 Å². The van der Waals surface area contributed by atoms with Gasteiger partial charge in [-0.05, 0) is 31.4 Å². The topological polar surface area (TPSA) is 49.3 Å². The van der Waals surface area contributed by atoms with Crippen LogP contribution in [-0.4, -0.2) is 21.5 Å². The predicted octanol–water partition coefficient (Wildman–Crippen LogP) is 2.94. The lowest BCUT2D eigenvalue weighted by atomic mass is 10.2. The summed E-state index contributed by atoms with van der Waals surface area (Å²) in [5, 5.41) is 12.2. The number of thioether (sulfide) groups is 2. The number of carboxylic acid groups (broad SMARTS) is 1. The molecule has 5 heteroatoms. The van der Waals surface area contributed by atoms with Gasteiger partial charge in [0.2, 0.25) is 0 Å². The molecule has 0 aromatic heterocycles. The van der Waals surface area contributed by atoms with Crippen LogP contribution in [0.25, 0.3) is 0 Å². The first kappa shape index (κ1) is 10.7. The molecule has 0 bridgehead atoms. The molecule has 0 aliphatic carbocycles. The SMILES string of the molecule is CSC1(C)Nc2cc(C(=O)O)ccc2S1. The van der Waals surface area contributed by atoms with Gasteiger partial charge in [-0.15, -0.1) is 11.8 Å². The summed E-state index contributed by atoms with van der Waals surface area (Å²) in [6.45, 7) is 2.09. The second-order valence-corrected chi connectivity index (χ2v) is 6.34. The summed E-state index contributed by atoms with van der Waals surface area (Å²) in [5.74, 6) is -0.887. The van der Waals surface area contributed by atoms with Crippen molar-refractivity contribution >= 4 is 35.2 Å². The first-order chi connectivity index (χ1) is 7.04. The van der Waals surface area contributed by atoms with Crippen LogP contribution in [0.15, 0.2) is 23.1 Å². The van der Waals surface area contributed by atoms with E-state index in [4.69, 9.17) is 5.11 Å². The Hall–Kier alpha value is -0.810. The van der Waals surface area contributed by atoms with E-state index in [-0.39, 0.29) is 4.20 Å². The number of carboxylic acids is 1. The van der Waals surface area contributed by atoms with E-state index in [0.717, 1.165) is 10.6 Å². The summed E-state index contributed by atoms with van der Waals surface area (Å²) in [6, 6.07) is 5.19. The van der Waals surface area contributed by atoms with Gasteiger partial charge in [0.25, 0.3) is 0 Å². The standard InChI is InChI=1S/C10H11NO2S2/c1-10(14-2)11-7-5-6(9(12)13)3-4-8(7)15-10/h3-5,11H,1-2H3,(H,12,13). The van der Waals surface area contributed by atoms with Crippen LogP contribution in [0.3, 0.4) is 0 Å². The Morgan fingerprint density at radius 2 is 2.33 bits per heavy atom. The molecule has 1 heterocycles. The van der Waals surface area contributed by atoms with Crippen molar-refractivity contribution in [1.82, 2.24) is 0 Å². The molecule has 1 unspecified atom stereocenters. The van der Waals surface area contributed by atoms with Gasteiger partial charge in [-0.2, -0.15) is 0 Å². The van der Waals surface area contributed by atoms with Gasteiger partial charge in [-0.3, -0.25) is 0 Å². The Kier molecular flexibility index (Phi) is 2.60. The van der Waals surface area contributed by atoms with Crippen LogP contribution >= 0.6 is 23.5 Å². The van der Waals surface area contributed by atoms with E-state index in [0.29, 0.717) is 5.56 Å². The molecule has 0 radical (unpaired) electrons. The molecule has 0 amide bonds. The minimum atomic E-state index is -0.887. The fraction of sp³-hybridized carbons (Fsp3) is 0.300. The number of benzene rings is 1. The number of nitrogens with one attached hydrogen (secondary N) is 1. The average Bonchev–Trinajstić information content (AvgIpc) is 2.53. The van der Waals surface area contributed by atoms with Crippen molar-refractivity contribution in [3.63, 3.8) is 0 Å². The number of aromatic carboxylic acids is 1. The highest BCUT2D eigenvalue weighted by molar-refractivity contribution is 8.18. The molecule has 3 nitrogen and oxygen atoms in total. The molecule has 2 N–H and O–H groups in total. The third kappa shape index (κ3) is 1.94. The number of carbonyl (C=O) groups is 1. The molecule has 1 atom stereocenters. The van der Waals surface area contributed by atoms with Crippen LogP contribution in [0.5, 0.6) is 0 Å². The second-order valence-electron chi connectivity index (χ2n) is 3.39. The summed E-state index contributed by atoms with van der Waals surface area (Å²) in [4.78, 5) is 11.9. The normalized spacial score (nSPS) is 23.3. The van der Waals surface area contributed by atoms with Gasteiger partial charge in [0, 0.05) is 4.90 Å². The molecule has 0 fully saturated rings. The Labute approximate surface area is 96.6 Å². The molecule has 1 aromatic carbocycles. The van der Waals surface area contributed by atoms with Crippen LogP contribution < -0.4 is 5.32 Å². The van der Waals surface area contributed by atoms with Crippen LogP contribution in [0.1, 0.15) is 17.3 Å². The summed E-state index contributed by atoms with van der Waals surface area (Å²) >= 11 is 3.43. The van der Waals surface area contributed by atoms with E-state index in [1.54, 1.807) is 35.7 Å². The predicted molar refractivity (Wildman–Crippen MR) is 64.8 cm³/mol. The molecule has 15 heavy (non-hydrogen) atoms. The maximum atomic E-state index is 10.8. The number of fused-ring (bicyclic) bond motifs is 1. The highest BCUT2D eigenvalue weighted by Gasteiger charge is 2.32. The highest BCUT2D eigenvalue weighted by atomic mass is 32.2. The van der Waals surface area contributed by atoms with Gasteiger partial charge in [0.15, 0.2) is 0 Å². The molecule has 2 rings (SSSR count). The molecule has 80 valence electrons. The third-order valence-electron chi connectivity index (χ3n) is 2.28. The molecule has 1 aliphatic rings. The van der Waals surface area contributed by atoms with E-state index in [1.165, 1.54) is 0 Å². The van der Waals surface area contributed by atoms with Crippen LogP contribution in [0.4, 0.5) is 5.69 Å². The summed E-state index contributed by atoms with van der Waals surface area (Å²) in [6.07, 6.45) is 2.03. The lowest BCUT2D eigenvalue weighted by molar-refractivity contribution is 0.0697. The Balaban J connectivity index is 2.35. The van der Waals surface area contributed by atoms with Crippen molar-refractivity contribution in [2.45, 2.75) is 16.0 Å². The maximum absolute atomic E-state index is 10.8. The second kappa shape index (κ2) is 3.64. The zero-order chi connectivity index (χ0) is 11.1. The van der Waals surface area contributed by atoms with Gasteiger partial charge in [-0.25, -0.2) is 4.79 Å². The third-order valence-corrected chi connectivity index (χ3v) is 4.98. The molecule has 1 aliphatic heterocycles.